The maximum absolute atomic E-state index is 10.6. The van der Waals surface area contributed by atoms with Gasteiger partial charge in [-0.05, 0) is 24.6 Å². The van der Waals surface area contributed by atoms with E-state index in [2.05, 4.69) is 10.4 Å². The van der Waals surface area contributed by atoms with Crippen molar-refractivity contribution in [2.45, 2.75) is 19.6 Å². The second-order valence-electron chi connectivity index (χ2n) is 4.87. The maximum Gasteiger partial charge on any atom is 0.269 e. The Balaban J connectivity index is 1.88. The number of benzene rings is 1. The van der Waals surface area contributed by atoms with Gasteiger partial charge in [0, 0.05) is 43.5 Å². The number of nitro groups is 1. The molecule has 1 aromatic heterocycles. The number of aromatic nitrogens is 2. The number of nitro benzene ring substituents is 1. The Morgan fingerprint density at radius 3 is 2.62 bits per heavy atom. The molecule has 0 amide bonds. The van der Waals surface area contributed by atoms with E-state index in [0.29, 0.717) is 18.7 Å². The highest BCUT2D eigenvalue weighted by molar-refractivity contribution is 5.33. The van der Waals surface area contributed by atoms with E-state index >= 15 is 0 Å². The fourth-order valence-corrected chi connectivity index (χ4v) is 2.00. The van der Waals surface area contributed by atoms with Crippen molar-refractivity contribution < 1.29 is 10.0 Å². The van der Waals surface area contributed by atoms with Crippen LogP contribution in [0.2, 0.25) is 0 Å². The minimum absolute atomic E-state index is 0.0184. The molecule has 0 aliphatic rings. The fourth-order valence-electron chi connectivity index (χ4n) is 2.00. The SMILES string of the molecule is Cc1c(CNCC(O)c2ccc([N+](=O)[O-])cc2)cnn1C. The first kappa shape index (κ1) is 15.1. The molecule has 1 aromatic carbocycles. The second-order valence-corrected chi connectivity index (χ2v) is 4.87. The molecule has 0 fully saturated rings. The summed E-state index contributed by atoms with van der Waals surface area (Å²) in [5.41, 5.74) is 2.82. The Bertz CT molecular complexity index is 622. The lowest BCUT2D eigenvalue weighted by atomic mass is 10.1. The smallest absolute Gasteiger partial charge is 0.269 e. The van der Waals surface area contributed by atoms with E-state index in [0.717, 1.165) is 11.3 Å². The molecule has 0 saturated heterocycles. The first-order valence-electron chi connectivity index (χ1n) is 6.59. The summed E-state index contributed by atoms with van der Waals surface area (Å²) in [7, 11) is 1.88. The lowest BCUT2D eigenvalue weighted by Gasteiger charge is -2.12. The summed E-state index contributed by atoms with van der Waals surface area (Å²) >= 11 is 0. The summed E-state index contributed by atoms with van der Waals surface area (Å²) in [6, 6.07) is 5.92. The predicted molar refractivity (Wildman–Crippen MR) is 77.7 cm³/mol. The minimum atomic E-state index is -0.706. The van der Waals surface area contributed by atoms with E-state index < -0.39 is 11.0 Å². The molecule has 7 heteroatoms. The third-order valence-corrected chi connectivity index (χ3v) is 3.48. The Morgan fingerprint density at radius 2 is 2.10 bits per heavy atom. The van der Waals surface area contributed by atoms with Gasteiger partial charge in [0.2, 0.25) is 0 Å². The van der Waals surface area contributed by atoms with Crippen LogP contribution >= 0.6 is 0 Å². The third kappa shape index (κ3) is 3.65. The van der Waals surface area contributed by atoms with Gasteiger partial charge in [-0.1, -0.05) is 0 Å². The molecule has 1 atom stereocenters. The number of hydrogen-bond acceptors (Lipinski definition) is 5. The molecule has 0 bridgehead atoms. The van der Waals surface area contributed by atoms with Gasteiger partial charge in [-0.15, -0.1) is 0 Å². The van der Waals surface area contributed by atoms with E-state index in [1.54, 1.807) is 23.0 Å². The lowest BCUT2D eigenvalue weighted by molar-refractivity contribution is -0.384. The zero-order valence-electron chi connectivity index (χ0n) is 12.0. The molecule has 7 nitrogen and oxygen atoms in total. The highest BCUT2D eigenvalue weighted by Crippen LogP contribution is 2.17. The number of aliphatic hydroxyl groups is 1. The zero-order valence-corrected chi connectivity index (χ0v) is 12.0. The summed E-state index contributed by atoms with van der Waals surface area (Å²) in [6.07, 6.45) is 1.09. The van der Waals surface area contributed by atoms with Crippen LogP contribution in [0.1, 0.15) is 22.9 Å². The van der Waals surface area contributed by atoms with Crippen LogP contribution in [0, 0.1) is 17.0 Å². The molecular weight excluding hydrogens is 272 g/mol. The van der Waals surface area contributed by atoms with E-state index in [1.165, 1.54) is 12.1 Å². The summed E-state index contributed by atoms with van der Waals surface area (Å²) < 4.78 is 1.80. The molecule has 112 valence electrons. The van der Waals surface area contributed by atoms with Crippen molar-refractivity contribution in [3.63, 3.8) is 0 Å². The van der Waals surface area contributed by atoms with Crippen LogP contribution in [0.5, 0.6) is 0 Å². The van der Waals surface area contributed by atoms with E-state index in [1.807, 2.05) is 14.0 Å². The Morgan fingerprint density at radius 1 is 1.43 bits per heavy atom. The maximum atomic E-state index is 10.6. The molecule has 0 saturated carbocycles. The molecule has 1 unspecified atom stereocenters. The highest BCUT2D eigenvalue weighted by atomic mass is 16.6. The molecule has 2 aromatic rings. The standard InChI is InChI=1S/C14H18N4O3/c1-10-12(8-16-17(10)2)7-15-9-14(19)11-3-5-13(6-4-11)18(20)21/h3-6,8,14-15,19H,7,9H2,1-2H3. The van der Waals surface area contributed by atoms with Gasteiger partial charge in [-0.2, -0.15) is 5.10 Å². The average molecular weight is 290 g/mol. The van der Waals surface area contributed by atoms with Crippen LogP contribution in [0.15, 0.2) is 30.5 Å². The van der Waals surface area contributed by atoms with Gasteiger partial charge < -0.3 is 10.4 Å². The zero-order chi connectivity index (χ0) is 15.4. The van der Waals surface area contributed by atoms with E-state index in [4.69, 9.17) is 0 Å². The number of nitrogens with one attached hydrogen (secondary N) is 1. The van der Waals surface area contributed by atoms with Gasteiger partial charge in [-0.3, -0.25) is 14.8 Å². The second kappa shape index (κ2) is 6.47. The Kier molecular flexibility index (Phi) is 4.66. The number of aliphatic hydroxyl groups excluding tert-OH is 1. The number of nitrogens with zero attached hydrogens (tertiary/aromatic N) is 3. The van der Waals surface area contributed by atoms with Crippen molar-refractivity contribution in [2.75, 3.05) is 6.54 Å². The monoisotopic (exact) mass is 290 g/mol. The predicted octanol–water partition coefficient (Wildman–Crippen LogP) is 1.46. The number of aryl methyl sites for hydroxylation is 1. The van der Waals surface area contributed by atoms with Crippen LogP contribution in [0.25, 0.3) is 0 Å². The van der Waals surface area contributed by atoms with Gasteiger partial charge in [0.15, 0.2) is 0 Å². The number of hydrogen-bond donors (Lipinski definition) is 2. The van der Waals surface area contributed by atoms with Crippen molar-refractivity contribution in [2.24, 2.45) is 7.05 Å². The number of rotatable bonds is 6. The summed E-state index contributed by atoms with van der Waals surface area (Å²) in [4.78, 5) is 10.1. The summed E-state index contributed by atoms with van der Waals surface area (Å²) in [6.45, 7) is 2.96. The van der Waals surface area contributed by atoms with Crippen LogP contribution in [0.4, 0.5) is 5.69 Å². The molecule has 21 heavy (non-hydrogen) atoms. The van der Waals surface area contributed by atoms with Gasteiger partial charge in [0.25, 0.3) is 5.69 Å². The topological polar surface area (TPSA) is 93.2 Å². The van der Waals surface area contributed by atoms with Gasteiger partial charge in [-0.25, -0.2) is 0 Å². The van der Waals surface area contributed by atoms with Gasteiger partial charge in [0.1, 0.15) is 0 Å². The molecular formula is C14H18N4O3. The Labute approximate surface area is 122 Å². The van der Waals surface area contributed by atoms with E-state index in [-0.39, 0.29) is 5.69 Å². The lowest BCUT2D eigenvalue weighted by Crippen LogP contribution is -2.21. The molecule has 0 aliphatic carbocycles. The van der Waals surface area contributed by atoms with Crippen molar-refractivity contribution in [3.8, 4) is 0 Å². The van der Waals surface area contributed by atoms with Crippen molar-refractivity contribution in [1.82, 2.24) is 15.1 Å². The first-order valence-corrected chi connectivity index (χ1v) is 6.59. The molecule has 0 aliphatic heterocycles. The van der Waals surface area contributed by atoms with Crippen LogP contribution in [0.3, 0.4) is 0 Å². The van der Waals surface area contributed by atoms with E-state index in [9.17, 15) is 15.2 Å². The number of non-ortho nitro benzene ring substituents is 1. The molecule has 2 N–H and O–H groups in total. The highest BCUT2D eigenvalue weighted by Gasteiger charge is 2.11. The molecule has 2 rings (SSSR count). The largest absolute Gasteiger partial charge is 0.387 e. The van der Waals surface area contributed by atoms with Crippen LogP contribution in [-0.2, 0) is 13.6 Å². The normalized spacial score (nSPS) is 12.3. The molecule has 1 heterocycles. The molecule has 0 radical (unpaired) electrons. The van der Waals surface area contributed by atoms with Gasteiger partial charge in [0.05, 0.1) is 17.2 Å². The van der Waals surface area contributed by atoms with Crippen molar-refractivity contribution >= 4 is 5.69 Å². The first-order chi connectivity index (χ1) is 9.99. The average Bonchev–Trinajstić information content (AvgIpc) is 2.79. The summed E-state index contributed by atoms with van der Waals surface area (Å²) in [5.74, 6) is 0. The quantitative estimate of drug-likeness (QED) is 0.620. The third-order valence-electron chi connectivity index (χ3n) is 3.48. The fraction of sp³-hybridized carbons (Fsp3) is 0.357. The summed E-state index contributed by atoms with van der Waals surface area (Å²) in [5, 5.41) is 27.9. The molecule has 0 spiro atoms. The van der Waals surface area contributed by atoms with Crippen LogP contribution < -0.4 is 5.32 Å². The minimum Gasteiger partial charge on any atom is -0.387 e. The van der Waals surface area contributed by atoms with Gasteiger partial charge >= 0.3 is 0 Å². The van der Waals surface area contributed by atoms with Crippen LogP contribution in [-0.4, -0.2) is 26.4 Å². The van der Waals surface area contributed by atoms with Crippen molar-refractivity contribution in [1.29, 1.82) is 0 Å². The Hall–Kier alpha value is -2.25. The van der Waals surface area contributed by atoms with Crippen molar-refractivity contribution in [3.05, 3.63) is 57.4 Å².